The molecule has 0 atom stereocenters. The second-order valence-corrected chi connectivity index (χ2v) is 10.7. The van der Waals surface area contributed by atoms with E-state index in [1.54, 1.807) is 17.0 Å². The highest BCUT2D eigenvalue weighted by Gasteiger charge is 2.23. The third-order valence-electron chi connectivity index (χ3n) is 5.47. The molecule has 184 valence electrons. The highest BCUT2D eigenvalue weighted by molar-refractivity contribution is 9.10. The van der Waals surface area contributed by atoms with Crippen molar-refractivity contribution < 1.29 is 19.1 Å². The molecule has 2 aromatic carbocycles. The zero-order valence-corrected chi connectivity index (χ0v) is 21.3. The number of carbonyl (C=O) groups is 1. The van der Waals surface area contributed by atoms with Crippen molar-refractivity contribution in [1.29, 1.82) is 0 Å². The molecule has 0 bridgehead atoms. The molecular formula is C23H26BrN6O4P. The molecule has 2 heterocycles. The summed E-state index contributed by atoms with van der Waals surface area (Å²) in [6.45, 7) is 3.12. The Morgan fingerprint density at radius 2 is 1.83 bits per heavy atom. The lowest BCUT2D eigenvalue weighted by atomic mass is 10.2. The minimum absolute atomic E-state index is 0.212. The lowest BCUT2D eigenvalue weighted by Gasteiger charge is -2.33. The average Bonchev–Trinajstić information content (AvgIpc) is 2.80. The van der Waals surface area contributed by atoms with Crippen molar-refractivity contribution in [2.75, 3.05) is 49.6 Å². The summed E-state index contributed by atoms with van der Waals surface area (Å²) in [6, 6.07) is 13.2. The molecule has 1 aliphatic heterocycles. The summed E-state index contributed by atoms with van der Waals surface area (Å²) in [7, 11) is -4.03. The maximum Gasteiger partial charge on any atom is 0.339 e. The summed E-state index contributed by atoms with van der Waals surface area (Å²) in [5, 5.41) is 6.95. The number of amides is 1. The van der Waals surface area contributed by atoms with E-state index in [0.717, 1.165) is 21.1 Å². The van der Waals surface area contributed by atoms with Crippen molar-refractivity contribution in [1.82, 2.24) is 19.8 Å². The molecule has 35 heavy (non-hydrogen) atoms. The van der Waals surface area contributed by atoms with Gasteiger partial charge in [-0.25, -0.2) is 9.97 Å². The van der Waals surface area contributed by atoms with Crippen LogP contribution in [0.4, 0.5) is 17.2 Å². The zero-order chi connectivity index (χ0) is 24.8. The van der Waals surface area contributed by atoms with Gasteiger partial charge in [0.25, 0.3) is 0 Å². The number of carbonyl (C=O) groups excluding carboxylic acids is 1. The van der Waals surface area contributed by atoms with Crippen LogP contribution < -0.4 is 10.6 Å². The molecule has 1 aromatic heterocycles. The SMILES string of the molecule is O=C(/C=C/CN1CCN(CP(=O)(O)O)CC1)Nc1ccc2ncnc(Nc3cccc(Br)c3)c2c1. The third-order valence-corrected chi connectivity index (χ3v) is 6.73. The van der Waals surface area contributed by atoms with Crippen LogP contribution in [-0.2, 0) is 9.36 Å². The molecule has 0 radical (unpaired) electrons. The number of benzene rings is 2. The summed E-state index contributed by atoms with van der Waals surface area (Å²) in [5.41, 5.74) is 2.26. The number of halogens is 1. The van der Waals surface area contributed by atoms with E-state index < -0.39 is 7.60 Å². The lowest BCUT2D eigenvalue weighted by Crippen LogP contribution is -2.46. The van der Waals surface area contributed by atoms with Gasteiger partial charge in [0, 0.05) is 60.0 Å². The third kappa shape index (κ3) is 7.66. The van der Waals surface area contributed by atoms with E-state index in [1.165, 1.54) is 12.4 Å². The van der Waals surface area contributed by atoms with E-state index in [2.05, 4.69) is 41.4 Å². The van der Waals surface area contributed by atoms with Crippen molar-refractivity contribution in [3.05, 3.63) is 65.4 Å². The fraction of sp³-hybridized carbons (Fsp3) is 0.261. The molecule has 0 unspecified atom stereocenters. The monoisotopic (exact) mass is 560 g/mol. The van der Waals surface area contributed by atoms with Crippen LogP contribution >= 0.6 is 23.5 Å². The van der Waals surface area contributed by atoms with E-state index in [0.29, 0.717) is 44.2 Å². The predicted molar refractivity (Wildman–Crippen MR) is 140 cm³/mol. The molecule has 4 N–H and O–H groups in total. The molecule has 0 saturated carbocycles. The normalized spacial score (nSPS) is 15.5. The van der Waals surface area contributed by atoms with Crippen molar-refractivity contribution in [2.45, 2.75) is 0 Å². The minimum Gasteiger partial charge on any atom is -0.340 e. The van der Waals surface area contributed by atoms with E-state index >= 15 is 0 Å². The number of hydrogen-bond acceptors (Lipinski definition) is 7. The number of anilines is 3. The maximum atomic E-state index is 12.4. The number of rotatable bonds is 8. The molecular weight excluding hydrogens is 535 g/mol. The predicted octanol–water partition coefficient (Wildman–Crippen LogP) is 3.38. The summed E-state index contributed by atoms with van der Waals surface area (Å²) in [4.78, 5) is 43.2. The molecule has 3 aromatic rings. The Balaban J connectivity index is 1.34. The van der Waals surface area contributed by atoms with E-state index in [-0.39, 0.29) is 12.2 Å². The lowest BCUT2D eigenvalue weighted by molar-refractivity contribution is -0.111. The molecule has 0 aliphatic carbocycles. The Labute approximate surface area is 211 Å². The number of nitrogens with zero attached hydrogens (tertiary/aromatic N) is 4. The van der Waals surface area contributed by atoms with Gasteiger partial charge in [-0.05, 0) is 36.4 Å². The molecule has 1 saturated heterocycles. The van der Waals surface area contributed by atoms with Gasteiger partial charge in [0.2, 0.25) is 5.91 Å². The first-order valence-corrected chi connectivity index (χ1v) is 13.6. The van der Waals surface area contributed by atoms with Crippen LogP contribution in [0.15, 0.2) is 65.4 Å². The highest BCUT2D eigenvalue weighted by atomic mass is 79.9. The maximum absolute atomic E-state index is 12.4. The van der Waals surface area contributed by atoms with Gasteiger partial charge in [-0.2, -0.15) is 0 Å². The van der Waals surface area contributed by atoms with Crippen LogP contribution in [0.25, 0.3) is 10.9 Å². The van der Waals surface area contributed by atoms with Crippen molar-refractivity contribution in [2.24, 2.45) is 0 Å². The Kier molecular flexibility index (Phi) is 8.27. The quantitative estimate of drug-likeness (QED) is 0.242. The van der Waals surface area contributed by atoms with E-state index in [1.807, 2.05) is 36.4 Å². The molecule has 1 amide bonds. The van der Waals surface area contributed by atoms with E-state index in [4.69, 9.17) is 9.79 Å². The van der Waals surface area contributed by atoms with Gasteiger partial charge >= 0.3 is 7.60 Å². The number of nitrogens with one attached hydrogen (secondary N) is 2. The van der Waals surface area contributed by atoms with Gasteiger partial charge in [0.1, 0.15) is 18.4 Å². The number of hydrogen-bond donors (Lipinski definition) is 4. The van der Waals surface area contributed by atoms with Crippen LogP contribution in [-0.4, -0.2) is 74.5 Å². The average molecular weight is 561 g/mol. The largest absolute Gasteiger partial charge is 0.340 e. The summed E-state index contributed by atoms with van der Waals surface area (Å²) in [6.07, 6.45) is 4.57. The molecule has 0 spiro atoms. The fourth-order valence-electron chi connectivity index (χ4n) is 3.80. The van der Waals surface area contributed by atoms with Crippen LogP contribution in [0.5, 0.6) is 0 Å². The van der Waals surface area contributed by atoms with Crippen molar-refractivity contribution >= 4 is 57.5 Å². The zero-order valence-electron chi connectivity index (χ0n) is 18.8. The first-order chi connectivity index (χ1) is 16.7. The fourth-order valence-corrected chi connectivity index (χ4v) is 5.01. The van der Waals surface area contributed by atoms with Gasteiger partial charge in [-0.1, -0.05) is 28.1 Å². The molecule has 10 nitrogen and oxygen atoms in total. The van der Waals surface area contributed by atoms with Gasteiger partial charge < -0.3 is 20.4 Å². The summed E-state index contributed by atoms with van der Waals surface area (Å²) < 4.78 is 12.1. The van der Waals surface area contributed by atoms with Gasteiger partial charge in [-0.15, -0.1) is 0 Å². The molecule has 12 heteroatoms. The number of piperazine rings is 1. The Hall–Kier alpha value is -2.66. The van der Waals surface area contributed by atoms with E-state index in [9.17, 15) is 9.36 Å². The minimum atomic E-state index is -4.03. The van der Waals surface area contributed by atoms with Crippen LogP contribution in [0, 0.1) is 0 Å². The van der Waals surface area contributed by atoms with Crippen LogP contribution in [0.1, 0.15) is 0 Å². The smallest absolute Gasteiger partial charge is 0.339 e. The van der Waals surface area contributed by atoms with Crippen LogP contribution in [0.3, 0.4) is 0 Å². The van der Waals surface area contributed by atoms with Crippen LogP contribution in [0.2, 0.25) is 0 Å². The Bertz CT molecular complexity index is 1280. The Morgan fingerprint density at radius 3 is 2.57 bits per heavy atom. The number of fused-ring (bicyclic) bond motifs is 1. The second kappa shape index (κ2) is 11.4. The number of aromatic nitrogens is 2. The van der Waals surface area contributed by atoms with Gasteiger partial charge in [0.05, 0.1) is 5.52 Å². The second-order valence-electron chi connectivity index (χ2n) is 8.21. The first-order valence-electron chi connectivity index (χ1n) is 11.0. The standard InChI is InChI=1S/C23H26BrN6O4P/c24-17-3-1-4-18(13-17)28-23-20-14-19(6-7-21(20)25-15-26-23)27-22(31)5-2-8-29-9-11-30(12-10-29)16-35(32,33)34/h1-7,13-15H,8-12,16H2,(H,27,31)(H,25,26,28)(H2,32,33,34)/b5-2+. The van der Waals surface area contributed by atoms with Crippen molar-refractivity contribution in [3.8, 4) is 0 Å². The van der Waals surface area contributed by atoms with Gasteiger partial charge in [-0.3, -0.25) is 19.2 Å². The molecule has 1 fully saturated rings. The Morgan fingerprint density at radius 1 is 1.06 bits per heavy atom. The first kappa shape index (κ1) is 25.4. The highest BCUT2D eigenvalue weighted by Crippen LogP contribution is 2.35. The summed E-state index contributed by atoms with van der Waals surface area (Å²) >= 11 is 3.46. The molecule has 1 aliphatic rings. The topological polar surface area (TPSA) is 131 Å². The van der Waals surface area contributed by atoms with Crippen molar-refractivity contribution in [3.63, 3.8) is 0 Å². The molecule has 4 rings (SSSR count). The van der Waals surface area contributed by atoms with Gasteiger partial charge in [0.15, 0.2) is 0 Å². The summed E-state index contributed by atoms with van der Waals surface area (Å²) in [5.74, 6) is 0.389.